The Kier molecular flexibility index (Phi) is 1.56. The first kappa shape index (κ1) is 8.19. The minimum Gasteiger partial charge on any atom is -0.380 e. The highest BCUT2D eigenvalue weighted by atomic mass is 32.2. The van der Waals surface area contributed by atoms with E-state index in [0.717, 1.165) is 6.29 Å². The van der Waals surface area contributed by atoms with Crippen molar-refractivity contribution in [3.8, 4) is 0 Å². The smallest absolute Gasteiger partial charge is 0.151 e. The van der Waals surface area contributed by atoms with E-state index in [1.54, 1.807) is 0 Å². The number of carbonyl (C=O) groups excluding carboxylic acids is 1. The van der Waals surface area contributed by atoms with Gasteiger partial charge in [0.05, 0.1) is 30.1 Å². The fraction of sp³-hybridized carbons (Fsp3) is 0.857. The van der Waals surface area contributed by atoms with Gasteiger partial charge in [0.2, 0.25) is 0 Å². The van der Waals surface area contributed by atoms with Gasteiger partial charge < -0.3 is 9.53 Å². The largest absolute Gasteiger partial charge is 0.380 e. The van der Waals surface area contributed by atoms with E-state index in [9.17, 15) is 13.2 Å². The lowest BCUT2D eigenvalue weighted by Crippen LogP contribution is -2.30. The molecule has 0 unspecified atom stereocenters. The van der Waals surface area contributed by atoms with Crippen molar-refractivity contribution < 1.29 is 17.9 Å². The number of carbonyl (C=O) groups is 1. The summed E-state index contributed by atoms with van der Waals surface area (Å²) in [4.78, 5) is 10.8. The number of hydrogen-bond donors (Lipinski definition) is 0. The average molecular weight is 190 g/mol. The Labute approximate surface area is 70.8 Å². The third-order valence-corrected chi connectivity index (χ3v) is 4.57. The van der Waals surface area contributed by atoms with Gasteiger partial charge in [0.1, 0.15) is 6.29 Å². The van der Waals surface area contributed by atoms with Gasteiger partial charge in [0.15, 0.2) is 9.84 Å². The van der Waals surface area contributed by atoms with Crippen LogP contribution in [-0.2, 0) is 19.4 Å². The molecule has 5 heteroatoms. The second kappa shape index (κ2) is 2.29. The van der Waals surface area contributed by atoms with Crippen LogP contribution < -0.4 is 0 Å². The van der Waals surface area contributed by atoms with Gasteiger partial charge in [-0.05, 0) is 0 Å². The summed E-state index contributed by atoms with van der Waals surface area (Å²) in [6, 6.07) is 0. The maximum absolute atomic E-state index is 11.2. The van der Waals surface area contributed by atoms with E-state index >= 15 is 0 Å². The second-order valence-corrected chi connectivity index (χ2v) is 5.73. The monoisotopic (exact) mass is 190 g/mol. The maximum atomic E-state index is 11.2. The Morgan fingerprint density at radius 3 is 2.83 bits per heavy atom. The molecule has 2 heterocycles. The van der Waals surface area contributed by atoms with Gasteiger partial charge in [-0.25, -0.2) is 8.42 Å². The zero-order chi connectivity index (χ0) is 8.82. The third kappa shape index (κ3) is 0.998. The van der Waals surface area contributed by atoms with Crippen LogP contribution in [0.2, 0.25) is 0 Å². The van der Waals surface area contributed by atoms with Crippen molar-refractivity contribution in [3.63, 3.8) is 0 Å². The summed E-state index contributed by atoms with van der Waals surface area (Å²) >= 11 is 0. The lowest BCUT2D eigenvalue weighted by Gasteiger charge is -2.15. The number of sulfone groups is 1. The Hall–Kier alpha value is -0.420. The molecular formula is C7H10O4S. The molecule has 0 aliphatic carbocycles. The molecule has 2 atom stereocenters. The Morgan fingerprint density at radius 1 is 1.50 bits per heavy atom. The van der Waals surface area contributed by atoms with Gasteiger partial charge in [-0.1, -0.05) is 0 Å². The molecule has 0 aromatic heterocycles. The summed E-state index contributed by atoms with van der Waals surface area (Å²) in [5, 5.41) is 0. The van der Waals surface area contributed by atoms with Crippen molar-refractivity contribution in [3.05, 3.63) is 0 Å². The highest BCUT2D eigenvalue weighted by Crippen LogP contribution is 2.40. The van der Waals surface area contributed by atoms with Gasteiger partial charge in [-0.15, -0.1) is 0 Å². The Balaban J connectivity index is 2.38. The number of ether oxygens (including phenoxy) is 1. The van der Waals surface area contributed by atoms with Crippen LogP contribution >= 0.6 is 0 Å². The van der Waals surface area contributed by atoms with Crippen molar-refractivity contribution >= 4 is 16.1 Å². The standard InChI is InChI=1S/C7H10O4S/c8-3-7-4-11-1-6(7)2-12(9,10)5-7/h3,6H,1-2,4-5H2/t6-,7-/m1/s1. The summed E-state index contributed by atoms with van der Waals surface area (Å²) in [5.41, 5.74) is -0.709. The van der Waals surface area contributed by atoms with E-state index in [4.69, 9.17) is 4.74 Å². The Morgan fingerprint density at radius 2 is 2.25 bits per heavy atom. The van der Waals surface area contributed by atoms with Crippen molar-refractivity contribution in [1.29, 1.82) is 0 Å². The van der Waals surface area contributed by atoms with Crippen LogP contribution in [-0.4, -0.2) is 39.4 Å². The first-order valence-electron chi connectivity index (χ1n) is 3.82. The van der Waals surface area contributed by atoms with Crippen LogP contribution in [0.5, 0.6) is 0 Å². The molecular weight excluding hydrogens is 180 g/mol. The zero-order valence-corrected chi connectivity index (χ0v) is 7.34. The molecule has 0 radical (unpaired) electrons. The highest BCUT2D eigenvalue weighted by Gasteiger charge is 2.54. The second-order valence-electron chi connectivity index (χ2n) is 3.62. The molecule has 0 aromatic rings. The predicted octanol–water partition coefficient (Wildman–Crippen LogP) is -0.753. The average Bonchev–Trinajstić information content (AvgIpc) is 2.40. The molecule has 2 saturated heterocycles. The van der Waals surface area contributed by atoms with Gasteiger partial charge in [-0.3, -0.25) is 0 Å². The van der Waals surface area contributed by atoms with Crippen molar-refractivity contribution in [2.45, 2.75) is 0 Å². The van der Waals surface area contributed by atoms with E-state index in [2.05, 4.69) is 0 Å². The van der Waals surface area contributed by atoms with Crippen LogP contribution in [0.3, 0.4) is 0 Å². The van der Waals surface area contributed by atoms with Gasteiger partial charge >= 0.3 is 0 Å². The molecule has 0 aromatic carbocycles. The SMILES string of the molecule is O=C[C@]12COC[C@@H]1CS(=O)(=O)C2. The number of fused-ring (bicyclic) bond motifs is 1. The zero-order valence-electron chi connectivity index (χ0n) is 6.52. The fourth-order valence-corrected chi connectivity index (χ4v) is 4.35. The highest BCUT2D eigenvalue weighted by molar-refractivity contribution is 7.91. The lowest BCUT2D eigenvalue weighted by atomic mass is 9.83. The molecule has 0 saturated carbocycles. The van der Waals surface area contributed by atoms with Crippen molar-refractivity contribution in [2.24, 2.45) is 11.3 Å². The van der Waals surface area contributed by atoms with Crippen LogP contribution in [0.25, 0.3) is 0 Å². The number of rotatable bonds is 1. The normalized spacial score (nSPS) is 44.2. The molecule has 12 heavy (non-hydrogen) atoms. The molecule has 0 amide bonds. The molecule has 2 rings (SSSR count). The molecule has 0 spiro atoms. The van der Waals surface area contributed by atoms with E-state index < -0.39 is 15.3 Å². The summed E-state index contributed by atoms with van der Waals surface area (Å²) in [7, 11) is -2.99. The first-order valence-corrected chi connectivity index (χ1v) is 5.65. The molecule has 4 nitrogen and oxygen atoms in total. The lowest BCUT2D eigenvalue weighted by molar-refractivity contribution is -0.116. The summed E-state index contributed by atoms with van der Waals surface area (Å²) in [6.45, 7) is 0.693. The molecule has 2 aliphatic heterocycles. The maximum Gasteiger partial charge on any atom is 0.151 e. The van der Waals surface area contributed by atoms with Crippen LogP contribution in [0.4, 0.5) is 0 Å². The van der Waals surface area contributed by atoms with E-state index in [1.165, 1.54) is 0 Å². The van der Waals surface area contributed by atoms with Gasteiger partial charge in [0.25, 0.3) is 0 Å². The minimum absolute atomic E-state index is 0.0197. The third-order valence-electron chi connectivity index (χ3n) is 2.68. The van der Waals surface area contributed by atoms with Crippen molar-refractivity contribution in [1.82, 2.24) is 0 Å². The Bertz CT molecular complexity index is 307. The molecule has 2 aliphatic rings. The number of aldehydes is 1. The van der Waals surface area contributed by atoms with E-state index in [1.807, 2.05) is 0 Å². The molecule has 68 valence electrons. The minimum atomic E-state index is -2.99. The van der Waals surface area contributed by atoms with E-state index in [0.29, 0.717) is 6.61 Å². The topological polar surface area (TPSA) is 60.4 Å². The number of hydrogen-bond acceptors (Lipinski definition) is 4. The first-order chi connectivity index (χ1) is 5.58. The van der Waals surface area contributed by atoms with Crippen LogP contribution in [0, 0.1) is 11.3 Å². The van der Waals surface area contributed by atoms with Crippen LogP contribution in [0.15, 0.2) is 0 Å². The quantitative estimate of drug-likeness (QED) is 0.510. The molecule has 0 bridgehead atoms. The fourth-order valence-electron chi connectivity index (χ4n) is 1.99. The van der Waals surface area contributed by atoms with Crippen LogP contribution in [0.1, 0.15) is 0 Å². The molecule has 0 N–H and O–H groups in total. The summed E-state index contributed by atoms with van der Waals surface area (Å²) < 4.78 is 27.5. The predicted molar refractivity (Wildman–Crippen MR) is 41.5 cm³/mol. The van der Waals surface area contributed by atoms with E-state index in [-0.39, 0.29) is 24.0 Å². The van der Waals surface area contributed by atoms with Gasteiger partial charge in [0, 0.05) is 5.92 Å². The summed E-state index contributed by atoms with van der Waals surface area (Å²) in [5.74, 6) is -0.0000926. The van der Waals surface area contributed by atoms with Gasteiger partial charge in [-0.2, -0.15) is 0 Å². The summed E-state index contributed by atoms with van der Waals surface area (Å²) in [6.07, 6.45) is 0.759. The molecule has 2 fully saturated rings. The van der Waals surface area contributed by atoms with Crippen molar-refractivity contribution in [2.75, 3.05) is 24.7 Å².